The number of carbonyl (C=O) groups is 2. The van der Waals surface area contributed by atoms with E-state index in [0.29, 0.717) is 38.4 Å². The number of aromatic nitrogens is 2. The number of para-hydroxylation sites is 2. The van der Waals surface area contributed by atoms with Gasteiger partial charge in [0.1, 0.15) is 11.6 Å². The number of ether oxygens (including phenoxy) is 1. The predicted octanol–water partition coefficient (Wildman–Crippen LogP) is 2.73. The summed E-state index contributed by atoms with van der Waals surface area (Å²) in [6, 6.07) is 15.2. The Morgan fingerprint density at radius 3 is 2.39 bits per heavy atom. The molecule has 1 saturated heterocycles. The summed E-state index contributed by atoms with van der Waals surface area (Å²) < 4.78 is 5.25. The Bertz CT molecular complexity index is 1020. The summed E-state index contributed by atoms with van der Waals surface area (Å²) in [5, 5.41) is 3.14. The molecule has 3 aromatic rings. The SMILES string of the molecule is COc1ccc(C[C@@H](NC(=O)N2CCN(C(C)=O)CC2)c2nc3ccccc3[nH]2)cc1. The monoisotopic (exact) mass is 421 g/mol. The normalized spacial score (nSPS) is 15.0. The largest absolute Gasteiger partial charge is 0.497 e. The summed E-state index contributed by atoms with van der Waals surface area (Å²) in [6.45, 7) is 3.69. The van der Waals surface area contributed by atoms with Gasteiger partial charge in [0.2, 0.25) is 5.91 Å². The Morgan fingerprint density at radius 2 is 1.74 bits per heavy atom. The lowest BCUT2D eigenvalue weighted by Crippen LogP contribution is -2.53. The molecule has 1 aliphatic heterocycles. The summed E-state index contributed by atoms with van der Waals surface area (Å²) in [5.41, 5.74) is 2.86. The maximum atomic E-state index is 13.0. The van der Waals surface area contributed by atoms with E-state index in [1.807, 2.05) is 48.5 Å². The lowest BCUT2D eigenvalue weighted by Gasteiger charge is -2.35. The van der Waals surface area contributed by atoms with Gasteiger partial charge in [0, 0.05) is 33.1 Å². The summed E-state index contributed by atoms with van der Waals surface area (Å²) in [7, 11) is 1.64. The second-order valence-electron chi connectivity index (χ2n) is 7.69. The molecule has 0 aliphatic carbocycles. The van der Waals surface area contributed by atoms with Gasteiger partial charge in [0.25, 0.3) is 0 Å². The minimum atomic E-state index is -0.320. The highest BCUT2D eigenvalue weighted by atomic mass is 16.5. The number of carbonyl (C=O) groups excluding carboxylic acids is 2. The van der Waals surface area contributed by atoms with Crippen molar-refractivity contribution in [1.29, 1.82) is 0 Å². The Kier molecular flexibility index (Phi) is 6.06. The molecule has 1 atom stereocenters. The Labute approximate surface area is 181 Å². The number of aromatic amines is 1. The number of methoxy groups -OCH3 is 1. The van der Waals surface area contributed by atoms with E-state index in [1.165, 1.54) is 0 Å². The van der Waals surface area contributed by atoms with Crippen molar-refractivity contribution in [3.63, 3.8) is 0 Å². The highest BCUT2D eigenvalue weighted by Crippen LogP contribution is 2.22. The van der Waals surface area contributed by atoms with E-state index in [4.69, 9.17) is 9.72 Å². The summed E-state index contributed by atoms with van der Waals surface area (Å²) in [6.07, 6.45) is 0.586. The quantitative estimate of drug-likeness (QED) is 0.663. The molecule has 0 radical (unpaired) electrons. The number of amides is 3. The van der Waals surface area contributed by atoms with Crippen molar-refractivity contribution in [2.24, 2.45) is 0 Å². The van der Waals surface area contributed by atoms with Gasteiger partial charge in [-0.2, -0.15) is 0 Å². The molecule has 3 amide bonds. The van der Waals surface area contributed by atoms with Gasteiger partial charge < -0.3 is 24.8 Å². The molecule has 162 valence electrons. The lowest BCUT2D eigenvalue weighted by molar-refractivity contribution is -0.130. The van der Waals surface area contributed by atoms with Crippen LogP contribution in [0.25, 0.3) is 11.0 Å². The first-order chi connectivity index (χ1) is 15.0. The molecule has 1 fully saturated rings. The van der Waals surface area contributed by atoms with Crippen molar-refractivity contribution in [2.45, 2.75) is 19.4 Å². The van der Waals surface area contributed by atoms with E-state index in [9.17, 15) is 9.59 Å². The van der Waals surface area contributed by atoms with Crippen molar-refractivity contribution < 1.29 is 14.3 Å². The fraction of sp³-hybridized carbons (Fsp3) is 0.348. The van der Waals surface area contributed by atoms with Crippen LogP contribution < -0.4 is 10.1 Å². The molecule has 0 spiro atoms. The molecular formula is C23H27N5O3. The fourth-order valence-corrected chi connectivity index (χ4v) is 3.82. The standard InChI is InChI=1S/C23H27N5O3/c1-16(29)27-11-13-28(14-12-27)23(30)26-21(15-17-7-9-18(31-2)10-8-17)22-24-19-5-3-4-6-20(19)25-22/h3-10,21H,11-15H2,1-2H3,(H,24,25)(H,26,30)/t21-/m1/s1. The topological polar surface area (TPSA) is 90.6 Å². The van der Waals surface area contributed by atoms with Gasteiger partial charge in [-0.25, -0.2) is 9.78 Å². The molecular weight excluding hydrogens is 394 g/mol. The van der Waals surface area contributed by atoms with Crippen LogP contribution >= 0.6 is 0 Å². The van der Waals surface area contributed by atoms with Gasteiger partial charge in [-0.1, -0.05) is 24.3 Å². The van der Waals surface area contributed by atoms with E-state index in [0.717, 1.165) is 22.3 Å². The highest BCUT2D eigenvalue weighted by molar-refractivity contribution is 5.77. The van der Waals surface area contributed by atoms with E-state index in [1.54, 1.807) is 23.8 Å². The third kappa shape index (κ3) is 4.79. The van der Waals surface area contributed by atoms with Crippen LogP contribution in [-0.2, 0) is 11.2 Å². The second-order valence-corrected chi connectivity index (χ2v) is 7.69. The predicted molar refractivity (Wildman–Crippen MR) is 118 cm³/mol. The fourth-order valence-electron chi connectivity index (χ4n) is 3.82. The van der Waals surface area contributed by atoms with Gasteiger partial charge >= 0.3 is 6.03 Å². The molecule has 8 nitrogen and oxygen atoms in total. The van der Waals surface area contributed by atoms with Crippen LogP contribution in [0, 0.1) is 0 Å². The van der Waals surface area contributed by atoms with Crippen molar-refractivity contribution in [3.8, 4) is 5.75 Å². The minimum Gasteiger partial charge on any atom is -0.497 e. The van der Waals surface area contributed by atoms with Crippen molar-refractivity contribution in [1.82, 2.24) is 25.1 Å². The molecule has 1 aliphatic rings. The molecule has 4 rings (SSSR count). The number of benzene rings is 2. The zero-order valence-electron chi connectivity index (χ0n) is 17.8. The third-order valence-corrected chi connectivity index (χ3v) is 5.65. The molecule has 31 heavy (non-hydrogen) atoms. The number of piperazine rings is 1. The zero-order valence-corrected chi connectivity index (χ0v) is 17.8. The number of rotatable bonds is 5. The Hall–Kier alpha value is -3.55. The van der Waals surface area contributed by atoms with Crippen LogP contribution in [0.4, 0.5) is 4.79 Å². The molecule has 0 unspecified atom stereocenters. The molecule has 2 heterocycles. The number of hydrogen-bond acceptors (Lipinski definition) is 4. The van der Waals surface area contributed by atoms with E-state index in [-0.39, 0.29) is 18.0 Å². The van der Waals surface area contributed by atoms with Crippen LogP contribution in [0.5, 0.6) is 5.75 Å². The maximum Gasteiger partial charge on any atom is 0.318 e. The molecule has 2 N–H and O–H groups in total. The number of urea groups is 1. The van der Waals surface area contributed by atoms with Crippen molar-refractivity contribution in [2.75, 3.05) is 33.3 Å². The van der Waals surface area contributed by atoms with Gasteiger partial charge in [0.15, 0.2) is 0 Å². The van der Waals surface area contributed by atoms with E-state index in [2.05, 4.69) is 10.3 Å². The number of nitrogens with one attached hydrogen (secondary N) is 2. The number of fused-ring (bicyclic) bond motifs is 1. The van der Waals surface area contributed by atoms with Gasteiger partial charge in [-0.15, -0.1) is 0 Å². The van der Waals surface area contributed by atoms with Crippen LogP contribution in [0.1, 0.15) is 24.4 Å². The Balaban J connectivity index is 1.53. The zero-order chi connectivity index (χ0) is 21.8. The van der Waals surface area contributed by atoms with Crippen LogP contribution in [-0.4, -0.2) is 65.0 Å². The molecule has 2 aromatic carbocycles. The molecule has 8 heteroatoms. The number of nitrogens with zero attached hydrogens (tertiary/aromatic N) is 3. The summed E-state index contributed by atoms with van der Waals surface area (Å²) in [5.74, 6) is 1.55. The average Bonchev–Trinajstić information content (AvgIpc) is 3.23. The van der Waals surface area contributed by atoms with E-state index < -0.39 is 0 Å². The average molecular weight is 422 g/mol. The number of imidazole rings is 1. The van der Waals surface area contributed by atoms with Crippen LogP contribution in [0.15, 0.2) is 48.5 Å². The summed E-state index contributed by atoms with van der Waals surface area (Å²) in [4.78, 5) is 36.1. The smallest absolute Gasteiger partial charge is 0.318 e. The molecule has 0 bridgehead atoms. The number of H-pyrrole nitrogens is 1. The third-order valence-electron chi connectivity index (χ3n) is 5.65. The first kappa shape index (κ1) is 20.7. The van der Waals surface area contributed by atoms with E-state index >= 15 is 0 Å². The Morgan fingerprint density at radius 1 is 1.06 bits per heavy atom. The molecule has 0 saturated carbocycles. The first-order valence-electron chi connectivity index (χ1n) is 10.4. The number of hydrogen-bond donors (Lipinski definition) is 2. The lowest BCUT2D eigenvalue weighted by atomic mass is 10.1. The summed E-state index contributed by atoms with van der Waals surface area (Å²) >= 11 is 0. The molecule has 1 aromatic heterocycles. The van der Waals surface area contributed by atoms with Crippen LogP contribution in [0.2, 0.25) is 0 Å². The van der Waals surface area contributed by atoms with Gasteiger partial charge in [-0.3, -0.25) is 4.79 Å². The van der Waals surface area contributed by atoms with Gasteiger partial charge in [-0.05, 0) is 36.2 Å². The second kappa shape index (κ2) is 9.07. The van der Waals surface area contributed by atoms with Crippen molar-refractivity contribution >= 4 is 23.0 Å². The van der Waals surface area contributed by atoms with Crippen molar-refractivity contribution in [3.05, 3.63) is 59.9 Å². The minimum absolute atomic E-state index is 0.0414. The maximum absolute atomic E-state index is 13.0. The first-order valence-corrected chi connectivity index (χ1v) is 10.4. The van der Waals surface area contributed by atoms with Gasteiger partial charge in [0.05, 0.1) is 24.2 Å². The highest BCUT2D eigenvalue weighted by Gasteiger charge is 2.26. The van der Waals surface area contributed by atoms with Crippen LogP contribution in [0.3, 0.4) is 0 Å².